The van der Waals surface area contributed by atoms with Gasteiger partial charge >= 0.3 is 0 Å². The van der Waals surface area contributed by atoms with Crippen LogP contribution in [0.15, 0.2) is 12.1 Å². The molecule has 1 aliphatic heterocycles. The summed E-state index contributed by atoms with van der Waals surface area (Å²) < 4.78 is 13.6. The fourth-order valence-corrected chi connectivity index (χ4v) is 3.08. The van der Waals surface area contributed by atoms with Gasteiger partial charge in [0.05, 0.1) is 4.92 Å². The summed E-state index contributed by atoms with van der Waals surface area (Å²) in [6.07, 6.45) is 2.79. The Kier molecular flexibility index (Phi) is 5.65. The number of nitrogens with one attached hydrogen (secondary N) is 1. The number of amides is 1. The number of hydrogen-bond acceptors (Lipinski definition) is 4. The van der Waals surface area contributed by atoms with Gasteiger partial charge in [0.25, 0.3) is 11.6 Å². The van der Waals surface area contributed by atoms with Crippen LogP contribution in [0.1, 0.15) is 35.2 Å². The molecule has 0 radical (unpaired) electrons. The highest BCUT2D eigenvalue weighted by molar-refractivity contribution is 5.98. The molecule has 0 spiro atoms. The molecule has 2 rings (SSSR count). The molecular formula is C16H22FN3O3. The zero-order valence-electron chi connectivity index (χ0n) is 13.5. The van der Waals surface area contributed by atoms with Crippen molar-refractivity contribution in [2.24, 2.45) is 5.92 Å². The topological polar surface area (TPSA) is 75.5 Å². The quantitative estimate of drug-likeness (QED) is 0.667. The monoisotopic (exact) mass is 323 g/mol. The van der Waals surface area contributed by atoms with Gasteiger partial charge in [-0.3, -0.25) is 14.9 Å². The lowest BCUT2D eigenvalue weighted by atomic mass is 9.93. The molecule has 126 valence electrons. The van der Waals surface area contributed by atoms with Gasteiger partial charge in [0.1, 0.15) is 11.4 Å². The maximum atomic E-state index is 13.6. The molecule has 0 aliphatic carbocycles. The average molecular weight is 323 g/mol. The lowest BCUT2D eigenvalue weighted by molar-refractivity contribution is -0.385. The van der Waals surface area contributed by atoms with Gasteiger partial charge in [0, 0.05) is 18.7 Å². The number of nitro benzene ring substituents is 1. The van der Waals surface area contributed by atoms with Crippen LogP contribution in [0.3, 0.4) is 0 Å². The summed E-state index contributed by atoms with van der Waals surface area (Å²) in [5.74, 6) is -0.526. The summed E-state index contributed by atoms with van der Waals surface area (Å²) >= 11 is 0. The fourth-order valence-electron chi connectivity index (χ4n) is 3.08. The molecule has 1 amide bonds. The van der Waals surface area contributed by atoms with Gasteiger partial charge in [-0.15, -0.1) is 0 Å². The van der Waals surface area contributed by atoms with E-state index in [-0.39, 0.29) is 16.8 Å². The van der Waals surface area contributed by atoms with Gasteiger partial charge in [-0.1, -0.05) is 0 Å². The third-order valence-corrected chi connectivity index (χ3v) is 4.38. The molecule has 6 nitrogen and oxygen atoms in total. The third-order valence-electron chi connectivity index (χ3n) is 4.38. The van der Waals surface area contributed by atoms with Crippen LogP contribution in [0, 0.1) is 28.8 Å². The van der Waals surface area contributed by atoms with E-state index in [0.717, 1.165) is 37.9 Å². The van der Waals surface area contributed by atoms with Crippen molar-refractivity contribution >= 4 is 11.6 Å². The Morgan fingerprint density at radius 2 is 2.09 bits per heavy atom. The van der Waals surface area contributed by atoms with E-state index in [2.05, 4.69) is 5.32 Å². The molecule has 0 atom stereocenters. The molecule has 7 heteroatoms. The molecule has 0 bridgehead atoms. The van der Waals surface area contributed by atoms with Crippen molar-refractivity contribution in [1.82, 2.24) is 10.2 Å². The maximum absolute atomic E-state index is 13.6. The Hall–Kier alpha value is -2.02. The zero-order valence-corrected chi connectivity index (χ0v) is 13.5. The smallest absolute Gasteiger partial charge is 0.285 e. The van der Waals surface area contributed by atoms with E-state index in [0.29, 0.717) is 19.0 Å². The predicted molar refractivity (Wildman–Crippen MR) is 85.0 cm³/mol. The standard InChI is InChI=1S/C16H22FN3O3/c1-11-9-13(17)10-14(15(11)20(22)23)16(21)19-7-4-12(5-8-19)3-6-18-2/h9-10,12,18H,3-8H2,1-2H3. The number of carbonyl (C=O) groups is 1. The minimum atomic E-state index is -0.625. The zero-order chi connectivity index (χ0) is 17.0. The maximum Gasteiger partial charge on any atom is 0.285 e. The van der Waals surface area contributed by atoms with E-state index in [4.69, 9.17) is 0 Å². The Bertz CT molecular complexity index is 598. The van der Waals surface area contributed by atoms with Crippen LogP contribution in [-0.2, 0) is 0 Å². The number of nitro groups is 1. The Labute approximate surface area is 134 Å². The second kappa shape index (κ2) is 7.50. The average Bonchev–Trinajstić information content (AvgIpc) is 2.51. The minimum absolute atomic E-state index is 0.152. The lowest BCUT2D eigenvalue weighted by Crippen LogP contribution is -2.39. The van der Waals surface area contributed by atoms with E-state index < -0.39 is 16.6 Å². The minimum Gasteiger partial charge on any atom is -0.338 e. The van der Waals surface area contributed by atoms with E-state index in [1.807, 2.05) is 7.05 Å². The summed E-state index contributed by atoms with van der Waals surface area (Å²) in [4.78, 5) is 24.8. The molecule has 0 unspecified atom stereocenters. The van der Waals surface area contributed by atoms with Crippen molar-refractivity contribution in [3.8, 4) is 0 Å². The van der Waals surface area contributed by atoms with Gasteiger partial charge in [-0.2, -0.15) is 0 Å². The number of halogens is 1. The number of benzene rings is 1. The number of hydrogen-bond donors (Lipinski definition) is 1. The molecule has 1 aliphatic rings. The van der Waals surface area contributed by atoms with E-state index in [1.54, 1.807) is 4.90 Å². The molecule has 0 aromatic heterocycles. The lowest BCUT2D eigenvalue weighted by Gasteiger charge is -2.32. The SMILES string of the molecule is CNCCC1CCN(C(=O)c2cc(F)cc(C)c2[N+](=O)[O-])CC1. The van der Waals surface area contributed by atoms with E-state index in [9.17, 15) is 19.3 Å². The van der Waals surface area contributed by atoms with Crippen molar-refractivity contribution < 1.29 is 14.1 Å². The van der Waals surface area contributed by atoms with Crippen LogP contribution in [-0.4, -0.2) is 42.4 Å². The van der Waals surface area contributed by atoms with Gasteiger partial charge < -0.3 is 10.2 Å². The molecule has 23 heavy (non-hydrogen) atoms. The second-order valence-corrected chi connectivity index (χ2v) is 6.00. The van der Waals surface area contributed by atoms with Crippen LogP contribution in [0.5, 0.6) is 0 Å². The van der Waals surface area contributed by atoms with Crippen molar-refractivity contribution in [2.45, 2.75) is 26.2 Å². The molecule has 0 saturated carbocycles. The van der Waals surface area contributed by atoms with E-state index in [1.165, 1.54) is 6.92 Å². The van der Waals surface area contributed by atoms with Gasteiger partial charge in [-0.25, -0.2) is 4.39 Å². The first-order valence-corrected chi connectivity index (χ1v) is 7.82. The van der Waals surface area contributed by atoms with Crippen molar-refractivity contribution in [3.05, 3.63) is 39.2 Å². The molecule has 1 heterocycles. The number of carbonyl (C=O) groups excluding carboxylic acids is 1. The molecule has 1 saturated heterocycles. The van der Waals surface area contributed by atoms with Crippen LogP contribution in [0.25, 0.3) is 0 Å². The van der Waals surface area contributed by atoms with Crippen molar-refractivity contribution in [2.75, 3.05) is 26.7 Å². The fraction of sp³-hybridized carbons (Fsp3) is 0.562. The summed E-state index contributed by atoms with van der Waals surface area (Å²) in [5.41, 5.74) is -0.280. The summed E-state index contributed by atoms with van der Waals surface area (Å²) in [7, 11) is 1.91. The summed E-state index contributed by atoms with van der Waals surface area (Å²) in [6.45, 7) is 3.50. The van der Waals surface area contributed by atoms with Crippen LogP contribution < -0.4 is 5.32 Å². The number of nitrogens with zero attached hydrogens (tertiary/aromatic N) is 2. The Morgan fingerprint density at radius 1 is 1.43 bits per heavy atom. The number of piperidine rings is 1. The molecule has 1 aromatic carbocycles. The normalized spacial score (nSPS) is 15.7. The van der Waals surface area contributed by atoms with Crippen molar-refractivity contribution in [1.29, 1.82) is 0 Å². The third kappa shape index (κ3) is 4.04. The van der Waals surface area contributed by atoms with Crippen LogP contribution >= 0.6 is 0 Å². The van der Waals surface area contributed by atoms with Crippen molar-refractivity contribution in [3.63, 3.8) is 0 Å². The highest BCUT2D eigenvalue weighted by Gasteiger charge is 2.30. The Balaban J connectivity index is 2.14. The highest BCUT2D eigenvalue weighted by atomic mass is 19.1. The first-order chi connectivity index (χ1) is 10.9. The number of rotatable bonds is 5. The number of likely N-dealkylation sites (tertiary alicyclic amines) is 1. The number of aryl methyl sites for hydroxylation is 1. The molecular weight excluding hydrogens is 301 g/mol. The van der Waals surface area contributed by atoms with Crippen LogP contribution in [0.2, 0.25) is 0 Å². The van der Waals surface area contributed by atoms with Gasteiger partial charge in [0.2, 0.25) is 0 Å². The first kappa shape index (κ1) is 17.3. The largest absolute Gasteiger partial charge is 0.338 e. The highest BCUT2D eigenvalue weighted by Crippen LogP contribution is 2.28. The van der Waals surface area contributed by atoms with Gasteiger partial charge in [0.15, 0.2) is 0 Å². The predicted octanol–water partition coefficient (Wildman–Crippen LogP) is 2.50. The van der Waals surface area contributed by atoms with Gasteiger partial charge in [-0.05, 0) is 57.8 Å². The molecule has 1 fully saturated rings. The second-order valence-electron chi connectivity index (χ2n) is 6.00. The van der Waals surface area contributed by atoms with E-state index >= 15 is 0 Å². The van der Waals surface area contributed by atoms with Crippen LogP contribution in [0.4, 0.5) is 10.1 Å². The molecule has 1 aromatic rings. The summed E-state index contributed by atoms with van der Waals surface area (Å²) in [6, 6.07) is 2.06. The Morgan fingerprint density at radius 3 is 2.65 bits per heavy atom. The summed E-state index contributed by atoms with van der Waals surface area (Å²) in [5, 5.41) is 14.3. The first-order valence-electron chi connectivity index (χ1n) is 7.82. The molecule has 1 N–H and O–H groups in total.